The third kappa shape index (κ3) is 3.27. The van der Waals surface area contributed by atoms with Gasteiger partial charge in [0.25, 0.3) is 5.88 Å². The molecule has 2 heterocycles. The fourth-order valence-electron chi connectivity index (χ4n) is 4.10. The van der Waals surface area contributed by atoms with Crippen LogP contribution in [0.4, 0.5) is 5.69 Å². The van der Waals surface area contributed by atoms with Crippen LogP contribution in [0.2, 0.25) is 0 Å². The molecule has 0 fully saturated rings. The van der Waals surface area contributed by atoms with E-state index in [0.29, 0.717) is 28.9 Å². The molecule has 2 unspecified atom stereocenters. The van der Waals surface area contributed by atoms with Crippen molar-refractivity contribution in [2.75, 3.05) is 13.2 Å². The lowest BCUT2D eigenvalue weighted by Gasteiger charge is -2.28. The molecule has 0 aromatic carbocycles. The van der Waals surface area contributed by atoms with E-state index in [4.69, 9.17) is 20.2 Å². The van der Waals surface area contributed by atoms with Gasteiger partial charge < -0.3 is 15.3 Å². The zero-order valence-electron chi connectivity index (χ0n) is 16.3. The number of nitrogens with zero attached hydrogens (tertiary/aromatic N) is 3. The number of rotatable bonds is 4. The van der Waals surface area contributed by atoms with Crippen molar-refractivity contribution >= 4 is 35.0 Å². The first-order valence-corrected chi connectivity index (χ1v) is 9.24. The number of halogens is 1. The average molecular weight is 401 g/mol. The molecular weight excluding hydrogens is 376 g/mol. The molecule has 4 rings (SSSR count). The van der Waals surface area contributed by atoms with E-state index >= 15 is 0 Å². The molecule has 2 aromatic rings. The number of pyridine rings is 1. The number of aliphatic hydroxyl groups excluding tert-OH is 1. The molecule has 0 spiro atoms. The Morgan fingerprint density at radius 2 is 2.11 bits per heavy atom. The normalized spacial score (nSPS) is 23.1. The number of hydrogen-bond acceptors (Lipinski definition) is 5. The van der Waals surface area contributed by atoms with Gasteiger partial charge in [-0.1, -0.05) is 22.8 Å². The summed E-state index contributed by atoms with van der Waals surface area (Å²) in [6, 6.07) is 5.74. The lowest BCUT2D eigenvalue weighted by atomic mass is 9.76. The quantitative estimate of drug-likeness (QED) is 0.756. The smallest absolute Gasteiger partial charge is 0.260 e. The maximum Gasteiger partial charge on any atom is 0.260 e. The molecule has 0 amide bonds. The van der Waals surface area contributed by atoms with Crippen LogP contribution in [-0.4, -0.2) is 39.4 Å². The predicted octanol–water partition coefficient (Wildman–Crippen LogP) is 4.15. The third-order valence-electron chi connectivity index (χ3n) is 5.65. The Bertz CT molecular complexity index is 1020. The molecule has 0 saturated heterocycles. The van der Waals surface area contributed by atoms with E-state index in [1.165, 1.54) is 16.7 Å². The number of aliphatic hydroxyl groups is 1. The topological polar surface area (TPSA) is 83.0 Å². The highest BCUT2D eigenvalue weighted by atomic mass is 35.5. The summed E-state index contributed by atoms with van der Waals surface area (Å²) < 4.78 is 7.32. The van der Waals surface area contributed by atoms with E-state index in [-0.39, 0.29) is 31.5 Å². The van der Waals surface area contributed by atoms with Gasteiger partial charge in [-0.2, -0.15) is 0 Å². The van der Waals surface area contributed by atoms with Crippen molar-refractivity contribution in [2.45, 2.75) is 27.2 Å². The fraction of sp³-hybridized carbons (Fsp3) is 0.381. The number of nitrogens with one attached hydrogen (secondary N) is 1. The van der Waals surface area contributed by atoms with Gasteiger partial charge in [-0.25, -0.2) is 9.51 Å². The Morgan fingerprint density at radius 3 is 2.86 bits per heavy atom. The third-order valence-corrected chi connectivity index (χ3v) is 5.65. The number of aromatic nitrogens is 2. The van der Waals surface area contributed by atoms with Gasteiger partial charge in [0.2, 0.25) is 0 Å². The maximum atomic E-state index is 9.10. The van der Waals surface area contributed by atoms with Crippen LogP contribution in [0.3, 0.4) is 0 Å². The van der Waals surface area contributed by atoms with Gasteiger partial charge in [-0.15, -0.1) is 17.5 Å². The standard InChI is InChI=1S/C21H24N4O2.ClH/c1-12-10-15-13(2)11-16(19(22)18(15)14(12)3)23-20-17-6-4-5-7-25(17)24-21(20)27-9-8-26;/h4-7,11,15,18,22,26H,8-10H2,1-3H3;1H. The van der Waals surface area contributed by atoms with Gasteiger partial charge in [0.1, 0.15) is 6.61 Å². The monoisotopic (exact) mass is 400 g/mol. The fourth-order valence-corrected chi connectivity index (χ4v) is 4.10. The minimum atomic E-state index is -0.0915. The van der Waals surface area contributed by atoms with Crippen LogP contribution in [0.25, 0.3) is 5.52 Å². The number of ether oxygens (including phenoxy) is 1. The van der Waals surface area contributed by atoms with Crippen molar-refractivity contribution in [1.82, 2.24) is 9.61 Å². The van der Waals surface area contributed by atoms with E-state index in [1.807, 2.05) is 30.5 Å². The van der Waals surface area contributed by atoms with Crippen molar-refractivity contribution in [2.24, 2.45) is 16.8 Å². The molecule has 2 aromatic heterocycles. The van der Waals surface area contributed by atoms with Crippen LogP contribution >= 0.6 is 12.4 Å². The van der Waals surface area contributed by atoms with Crippen molar-refractivity contribution in [3.05, 3.63) is 47.2 Å². The summed E-state index contributed by atoms with van der Waals surface area (Å²) in [5.74, 6) is 0.862. The summed E-state index contributed by atoms with van der Waals surface area (Å²) in [6.45, 7) is 6.49. The second-order valence-corrected chi connectivity index (χ2v) is 7.31. The van der Waals surface area contributed by atoms with Gasteiger partial charge in [0, 0.05) is 12.1 Å². The molecule has 0 bridgehead atoms. The van der Waals surface area contributed by atoms with Gasteiger partial charge in [-0.05, 0) is 51.3 Å². The molecule has 148 valence electrons. The average Bonchev–Trinajstić information content (AvgIpc) is 3.16. The van der Waals surface area contributed by atoms with Crippen LogP contribution in [0, 0.1) is 17.2 Å². The molecule has 0 saturated carbocycles. The molecule has 7 heteroatoms. The molecule has 2 aliphatic carbocycles. The summed E-state index contributed by atoms with van der Waals surface area (Å²) in [5.41, 5.74) is 6.57. The van der Waals surface area contributed by atoms with E-state index in [2.05, 4.69) is 25.9 Å². The van der Waals surface area contributed by atoms with Gasteiger partial charge in [-0.3, -0.25) is 0 Å². The zero-order chi connectivity index (χ0) is 19.1. The molecule has 2 aliphatic rings. The molecule has 0 radical (unpaired) electrons. The first-order valence-electron chi connectivity index (χ1n) is 9.24. The van der Waals surface area contributed by atoms with Gasteiger partial charge >= 0.3 is 0 Å². The molecular formula is C21H25ClN4O2. The van der Waals surface area contributed by atoms with Crippen LogP contribution in [0.1, 0.15) is 27.2 Å². The number of hydrogen-bond donors (Lipinski definition) is 2. The predicted molar refractivity (Wildman–Crippen MR) is 114 cm³/mol. The van der Waals surface area contributed by atoms with Crippen molar-refractivity contribution < 1.29 is 9.84 Å². The number of fused-ring (bicyclic) bond motifs is 2. The SMILES string of the molecule is CC1=CC(=Nc2c(OCCO)nn3ccccc23)C(=N)C2C(C)=C(C)CC12.Cl. The van der Waals surface area contributed by atoms with Crippen molar-refractivity contribution in [1.29, 1.82) is 5.41 Å². The molecule has 0 aliphatic heterocycles. The number of allylic oxidation sites excluding steroid dienone is 4. The Morgan fingerprint density at radius 1 is 1.32 bits per heavy atom. The zero-order valence-corrected chi connectivity index (χ0v) is 17.1. The van der Waals surface area contributed by atoms with Gasteiger partial charge in [0.15, 0.2) is 5.69 Å². The summed E-state index contributed by atoms with van der Waals surface area (Å²) in [7, 11) is 0. The summed E-state index contributed by atoms with van der Waals surface area (Å²) >= 11 is 0. The number of aliphatic imine (C=N–C) groups is 1. The first-order chi connectivity index (χ1) is 13.0. The Labute approximate surface area is 170 Å². The van der Waals surface area contributed by atoms with Crippen LogP contribution in [0.5, 0.6) is 5.88 Å². The molecule has 2 N–H and O–H groups in total. The van der Waals surface area contributed by atoms with Crippen LogP contribution < -0.4 is 4.74 Å². The summed E-state index contributed by atoms with van der Waals surface area (Å²) in [6.07, 6.45) is 4.88. The highest BCUT2D eigenvalue weighted by molar-refractivity contribution is 6.48. The van der Waals surface area contributed by atoms with Gasteiger partial charge in [0.05, 0.1) is 23.5 Å². The maximum absolute atomic E-state index is 9.10. The van der Waals surface area contributed by atoms with E-state index in [0.717, 1.165) is 11.9 Å². The molecule has 6 nitrogen and oxygen atoms in total. The first kappa shape index (κ1) is 20.3. The van der Waals surface area contributed by atoms with Crippen LogP contribution in [-0.2, 0) is 0 Å². The van der Waals surface area contributed by atoms with Crippen molar-refractivity contribution in [3.63, 3.8) is 0 Å². The van der Waals surface area contributed by atoms with Crippen LogP contribution in [0.15, 0.2) is 52.2 Å². The largest absolute Gasteiger partial charge is 0.473 e. The second kappa shape index (κ2) is 7.89. The lowest BCUT2D eigenvalue weighted by Crippen LogP contribution is -2.31. The molecule has 2 atom stereocenters. The lowest BCUT2D eigenvalue weighted by molar-refractivity contribution is 0.197. The Hall–Kier alpha value is -2.44. The highest BCUT2D eigenvalue weighted by Gasteiger charge is 2.39. The minimum Gasteiger partial charge on any atom is -0.473 e. The van der Waals surface area contributed by atoms with E-state index in [9.17, 15) is 0 Å². The highest BCUT2D eigenvalue weighted by Crippen LogP contribution is 2.44. The molecule has 28 heavy (non-hydrogen) atoms. The summed E-state index contributed by atoms with van der Waals surface area (Å²) in [5, 5.41) is 22.3. The van der Waals surface area contributed by atoms with E-state index < -0.39 is 0 Å². The Kier molecular flexibility index (Phi) is 5.72. The van der Waals surface area contributed by atoms with E-state index in [1.54, 1.807) is 4.52 Å². The Balaban J connectivity index is 0.00000225. The minimum absolute atomic E-state index is 0. The van der Waals surface area contributed by atoms with Crippen molar-refractivity contribution in [3.8, 4) is 5.88 Å². The summed E-state index contributed by atoms with van der Waals surface area (Å²) in [4.78, 5) is 4.81. The second-order valence-electron chi connectivity index (χ2n) is 7.31.